The first-order valence-corrected chi connectivity index (χ1v) is 9.39. The number of hydrogen-bond donors (Lipinski definition) is 1. The Morgan fingerprint density at radius 2 is 2.23 bits per heavy atom. The van der Waals surface area contributed by atoms with Gasteiger partial charge in [0, 0.05) is 11.3 Å². The summed E-state index contributed by atoms with van der Waals surface area (Å²) in [5, 5.41) is 1.96. The van der Waals surface area contributed by atoms with Crippen molar-refractivity contribution in [3.05, 3.63) is 49.8 Å². The molecule has 0 bridgehead atoms. The van der Waals surface area contributed by atoms with Crippen molar-refractivity contribution < 1.29 is 14.3 Å². The largest absolute Gasteiger partial charge is 0.444 e. The minimum absolute atomic E-state index is 0.177. The normalized spacial score (nSPS) is 14.0. The molecule has 3 rings (SSSR count). The molecule has 1 N–H and O–H groups in total. The highest BCUT2D eigenvalue weighted by molar-refractivity contribution is 7.09. The standard InChI is InChI=1S/C18H23N3O4S/c1-18(2,3)25-17(23)21(9-12-5-4-8-26-12)10-15-19-14-6-7-24-11-13(14)16(22)20-15/h4-5,8H,6-7,9-11H2,1-3H3,(H,19,20,22). The van der Waals surface area contributed by atoms with Crippen LogP contribution in [0, 0.1) is 0 Å². The third kappa shape index (κ3) is 4.70. The van der Waals surface area contributed by atoms with E-state index in [9.17, 15) is 9.59 Å². The zero-order valence-corrected chi connectivity index (χ0v) is 16.0. The Bertz CT molecular complexity index is 824. The maximum atomic E-state index is 12.6. The average molecular weight is 377 g/mol. The summed E-state index contributed by atoms with van der Waals surface area (Å²) in [6.07, 6.45) is 0.165. The Balaban J connectivity index is 1.84. The van der Waals surface area contributed by atoms with Gasteiger partial charge in [-0.05, 0) is 32.2 Å². The number of carbonyl (C=O) groups is 1. The van der Waals surface area contributed by atoms with Crippen LogP contribution >= 0.6 is 11.3 Å². The van der Waals surface area contributed by atoms with Crippen molar-refractivity contribution in [3.8, 4) is 0 Å². The number of rotatable bonds is 4. The number of fused-ring (bicyclic) bond motifs is 1. The van der Waals surface area contributed by atoms with Crippen LogP contribution in [0.1, 0.15) is 42.7 Å². The van der Waals surface area contributed by atoms with Crippen molar-refractivity contribution >= 4 is 17.4 Å². The maximum absolute atomic E-state index is 12.6. The van der Waals surface area contributed by atoms with E-state index in [1.165, 1.54) is 0 Å². The van der Waals surface area contributed by atoms with E-state index in [4.69, 9.17) is 9.47 Å². The lowest BCUT2D eigenvalue weighted by atomic mass is 10.1. The fourth-order valence-electron chi connectivity index (χ4n) is 2.65. The van der Waals surface area contributed by atoms with Gasteiger partial charge in [-0.25, -0.2) is 9.78 Å². The first-order valence-electron chi connectivity index (χ1n) is 8.51. The van der Waals surface area contributed by atoms with E-state index in [1.807, 2.05) is 38.3 Å². The van der Waals surface area contributed by atoms with Gasteiger partial charge in [-0.15, -0.1) is 11.3 Å². The SMILES string of the molecule is CC(C)(C)OC(=O)N(Cc1nc2c(c(=O)[nH]1)COCC2)Cc1cccs1. The Morgan fingerprint density at radius 1 is 1.42 bits per heavy atom. The molecule has 7 nitrogen and oxygen atoms in total. The first-order chi connectivity index (χ1) is 12.3. The molecule has 0 aromatic carbocycles. The molecule has 0 spiro atoms. The van der Waals surface area contributed by atoms with E-state index in [1.54, 1.807) is 16.2 Å². The number of carbonyl (C=O) groups excluding carboxylic acids is 1. The van der Waals surface area contributed by atoms with Gasteiger partial charge in [-0.2, -0.15) is 0 Å². The number of thiophene rings is 1. The highest BCUT2D eigenvalue weighted by atomic mass is 32.1. The van der Waals surface area contributed by atoms with E-state index in [0.717, 1.165) is 10.6 Å². The molecular weight excluding hydrogens is 354 g/mol. The van der Waals surface area contributed by atoms with E-state index in [2.05, 4.69) is 9.97 Å². The van der Waals surface area contributed by atoms with Gasteiger partial charge in [0.2, 0.25) is 0 Å². The molecule has 1 aliphatic rings. The molecular formula is C18H23N3O4S. The smallest absolute Gasteiger partial charge is 0.411 e. The number of amides is 1. The monoisotopic (exact) mass is 377 g/mol. The molecule has 0 radical (unpaired) electrons. The zero-order valence-electron chi connectivity index (χ0n) is 15.2. The zero-order chi connectivity index (χ0) is 18.7. The van der Waals surface area contributed by atoms with Crippen molar-refractivity contribution in [1.29, 1.82) is 0 Å². The Labute approximate surface area is 156 Å². The van der Waals surface area contributed by atoms with Gasteiger partial charge in [-0.1, -0.05) is 6.07 Å². The molecule has 140 valence electrons. The van der Waals surface area contributed by atoms with Gasteiger partial charge in [-0.3, -0.25) is 9.69 Å². The van der Waals surface area contributed by atoms with Gasteiger partial charge < -0.3 is 14.5 Å². The Morgan fingerprint density at radius 3 is 2.92 bits per heavy atom. The van der Waals surface area contributed by atoms with Crippen LogP contribution < -0.4 is 5.56 Å². The van der Waals surface area contributed by atoms with E-state index >= 15 is 0 Å². The number of ether oxygens (including phenoxy) is 2. The van der Waals surface area contributed by atoms with Gasteiger partial charge in [0.1, 0.15) is 11.4 Å². The van der Waals surface area contributed by atoms with Crippen molar-refractivity contribution in [1.82, 2.24) is 14.9 Å². The van der Waals surface area contributed by atoms with Gasteiger partial charge in [0.05, 0.1) is 37.6 Å². The molecule has 26 heavy (non-hydrogen) atoms. The highest BCUT2D eigenvalue weighted by Gasteiger charge is 2.24. The summed E-state index contributed by atoms with van der Waals surface area (Å²) in [4.78, 5) is 34.8. The number of hydrogen-bond acceptors (Lipinski definition) is 6. The predicted molar refractivity (Wildman–Crippen MR) is 98.0 cm³/mol. The third-order valence-corrected chi connectivity index (χ3v) is 4.66. The summed E-state index contributed by atoms with van der Waals surface area (Å²) in [5.74, 6) is 0.457. The summed E-state index contributed by atoms with van der Waals surface area (Å²) < 4.78 is 10.8. The Hall–Kier alpha value is -2.19. The maximum Gasteiger partial charge on any atom is 0.411 e. The molecule has 0 saturated heterocycles. The fourth-order valence-corrected chi connectivity index (χ4v) is 3.37. The molecule has 2 aromatic rings. The average Bonchev–Trinajstić information content (AvgIpc) is 3.06. The molecule has 0 fully saturated rings. The first kappa shape index (κ1) is 18.6. The topological polar surface area (TPSA) is 84.5 Å². The van der Waals surface area contributed by atoms with Crippen LogP contribution in [0.2, 0.25) is 0 Å². The molecule has 8 heteroatoms. The minimum Gasteiger partial charge on any atom is -0.444 e. The number of nitrogens with one attached hydrogen (secondary N) is 1. The molecule has 0 saturated carbocycles. The van der Waals surface area contributed by atoms with Gasteiger partial charge in [0.25, 0.3) is 5.56 Å². The second-order valence-electron chi connectivity index (χ2n) is 7.16. The van der Waals surface area contributed by atoms with Crippen LogP contribution in [0.15, 0.2) is 22.3 Å². The summed E-state index contributed by atoms with van der Waals surface area (Å²) >= 11 is 1.56. The lowest BCUT2D eigenvalue weighted by molar-refractivity contribution is 0.0212. The van der Waals surface area contributed by atoms with Crippen LogP contribution in [0.4, 0.5) is 4.79 Å². The van der Waals surface area contributed by atoms with Crippen molar-refractivity contribution in [3.63, 3.8) is 0 Å². The molecule has 1 aliphatic heterocycles. The highest BCUT2D eigenvalue weighted by Crippen LogP contribution is 2.18. The van der Waals surface area contributed by atoms with E-state index in [-0.39, 0.29) is 18.7 Å². The quantitative estimate of drug-likeness (QED) is 0.886. The second kappa shape index (κ2) is 7.59. The lowest BCUT2D eigenvalue weighted by Gasteiger charge is -2.27. The summed E-state index contributed by atoms with van der Waals surface area (Å²) in [7, 11) is 0. The van der Waals surface area contributed by atoms with Crippen molar-refractivity contribution in [2.24, 2.45) is 0 Å². The molecule has 2 aromatic heterocycles. The lowest BCUT2D eigenvalue weighted by Crippen LogP contribution is -2.37. The van der Waals surface area contributed by atoms with Crippen molar-refractivity contribution in [2.45, 2.75) is 52.5 Å². The molecule has 0 atom stereocenters. The van der Waals surface area contributed by atoms with Gasteiger partial charge in [0.15, 0.2) is 0 Å². The number of nitrogens with zero attached hydrogens (tertiary/aromatic N) is 2. The van der Waals surface area contributed by atoms with E-state index < -0.39 is 11.7 Å². The minimum atomic E-state index is -0.598. The third-order valence-electron chi connectivity index (χ3n) is 3.80. The number of aromatic amines is 1. The van der Waals surface area contributed by atoms with Crippen LogP contribution in [0.3, 0.4) is 0 Å². The van der Waals surface area contributed by atoms with Crippen molar-refractivity contribution in [2.75, 3.05) is 6.61 Å². The van der Waals surface area contributed by atoms with Crippen LogP contribution in [0.5, 0.6) is 0 Å². The molecule has 3 heterocycles. The molecule has 0 aliphatic carbocycles. The number of aromatic nitrogens is 2. The predicted octanol–water partition coefficient (Wildman–Crippen LogP) is 2.84. The molecule has 1 amide bonds. The summed E-state index contributed by atoms with van der Waals surface area (Å²) in [6.45, 7) is 6.89. The van der Waals surface area contributed by atoms with Crippen LogP contribution in [-0.2, 0) is 35.6 Å². The summed E-state index contributed by atoms with van der Waals surface area (Å²) in [5.41, 5.74) is 0.515. The Kier molecular flexibility index (Phi) is 5.43. The van der Waals surface area contributed by atoms with Gasteiger partial charge >= 0.3 is 6.09 Å². The van der Waals surface area contributed by atoms with E-state index in [0.29, 0.717) is 31.0 Å². The summed E-state index contributed by atoms with van der Waals surface area (Å²) in [6, 6.07) is 3.90. The number of H-pyrrole nitrogens is 1. The van der Waals surface area contributed by atoms with Crippen LogP contribution in [0.25, 0.3) is 0 Å². The second-order valence-corrected chi connectivity index (χ2v) is 8.19. The fraction of sp³-hybridized carbons (Fsp3) is 0.500. The van der Waals surface area contributed by atoms with Crippen LogP contribution in [-0.4, -0.2) is 33.2 Å². The molecule has 0 unspecified atom stereocenters.